The van der Waals surface area contributed by atoms with Crippen LogP contribution in [0.25, 0.3) is 33.5 Å². The quantitative estimate of drug-likeness (QED) is 0.166. The number of nitrogens with zero attached hydrogens (tertiary/aromatic N) is 3. The standard InChI is InChI=1S/C31H29N3O4/c1-5-11-23-16-21(17-27(36-4)29(23)37-20(3)6-2)19-32-34-30(28-18-22-12-7-10-15-26(22)38-28)33-25-14-9-8-13-24(25)31(34)35/h5,7-10,12-20H,1,6,11H2,2-4H3/t20-/m0/s1. The van der Waals surface area contributed by atoms with Crippen molar-refractivity contribution in [2.75, 3.05) is 7.11 Å². The largest absolute Gasteiger partial charge is 0.493 e. The first-order chi connectivity index (χ1) is 18.5. The molecule has 0 saturated carbocycles. The third-order valence-electron chi connectivity index (χ3n) is 6.35. The highest BCUT2D eigenvalue weighted by Gasteiger charge is 2.17. The van der Waals surface area contributed by atoms with Crippen LogP contribution in [-0.4, -0.2) is 29.1 Å². The molecule has 0 fully saturated rings. The Labute approximate surface area is 220 Å². The lowest BCUT2D eigenvalue weighted by molar-refractivity contribution is 0.206. The van der Waals surface area contributed by atoms with Crippen LogP contribution >= 0.6 is 0 Å². The van der Waals surface area contributed by atoms with Crippen LogP contribution in [0.15, 0.2) is 93.7 Å². The van der Waals surface area contributed by atoms with Crippen LogP contribution in [0, 0.1) is 0 Å². The maximum absolute atomic E-state index is 13.6. The molecule has 0 unspecified atom stereocenters. The highest BCUT2D eigenvalue weighted by molar-refractivity contribution is 5.85. The summed E-state index contributed by atoms with van der Waals surface area (Å²) in [6.45, 7) is 7.97. The summed E-state index contributed by atoms with van der Waals surface area (Å²) >= 11 is 0. The van der Waals surface area contributed by atoms with E-state index in [-0.39, 0.29) is 11.7 Å². The zero-order valence-corrected chi connectivity index (χ0v) is 21.7. The molecule has 3 aromatic carbocycles. The van der Waals surface area contributed by atoms with Gasteiger partial charge in [-0.1, -0.05) is 43.3 Å². The van der Waals surface area contributed by atoms with E-state index in [1.807, 2.05) is 67.6 Å². The molecule has 0 spiro atoms. The summed E-state index contributed by atoms with van der Waals surface area (Å²) in [6, 6.07) is 20.5. The van der Waals surface area contributed by atoms with Gasteiger partial charge < -0.3 is 13.9 Å². The fourth-order valence-electron chi connectivity index (χ4n) is 4.24. The normalized spacial score (nSPS) is 12.3. The molecule has 5 aromatic rings. The van der Waals surface area contributed by atoms with Crippen LogP contribution in [0.3, 0.4) is 0 Å². The first kappa shape index (κ1) is 25.0. The van der Waals surface area contributed by atoms with Crippen LogP contribution in [-0.2, 0) is 6.42 Å². The van der Waals surface area contributed by atoms with Gasteiger partial charge in [0.15, 0.2) is 17.3 Å². The smallest absolute Gasteiger partial charge is 0.282 e. The zero-order valence-electron chi connectivity index (χ0n) is 21.7. The average molecular weight is 508 g/mol. The van der Waals surface area contributed by atoms with Crippen LogP contribution in [0.4, 0.5) is 0 Å². The fourth-order valence-corrected chi connectivity index (χ4v) is 4.24. The highest BCUT2D eigenvalue weighted by atomic mass is 16.5. The van der Waals surface area contributed by atoms with Crippen molar-refractivity contribution in [3.63, 3.8) is 0 Å². The molecule has 7 heteroatoms. The van der Waals surface area contributed by atoms with Gasteiger partial charge in [0.1, 0.15) is 5.58 Å². The van der Waals surface area contributed by atoms with Crippen molar-refractivity contribution in [1.82, 2.24) is 9.66 Å². The number of fused-ring (bicyclic) bond motifs is 2. The van der Waals surface area contributed by atoms with E-state index in [4.69, 9.17) is 18.9 Å². The second-order valence-corrected chi connectivity index (χ2v) is 9.00. The predicted molar refractivity (Wildman–Crippen MR) is 151 cm³/mol. The van der Waals surface area contributed by atoms with Gasteiger partial charge in [0.2, 0.25) is 5.82 Å². The molecular weight excluding hydrogens is 478 g/mol. The van der Waals surface area contributed by atoms with E-state index in [2.05, 4.69) is 18.6 Å². The number of furan rings is 1. The Morgan fingerprint density at radius 2 is 1.92 bits per heavy atom. The summed E-state index contributed by atoms with van der Waals surface area (Å²) < 4.78 is 19.2. The number of benzene rings is 3. The topological polar surface area (TPSA) is 78.9 Å². The summed E-state index contributed by atoms with van der Waals surface area (Å²) in [5, 5.41) is 5.97. The monoisotopic (exact) mass is 507 g/mol. The van der Waals surface area contributed by atoms with Crippen molar-refractivity contribution in [2.45, 2.75) is 32.8 Å². The Morgan fingerprint density at radius 1 is 1.13 bits per heavy atom. The van der Waals surface area contributed by atoms with E-state index >= 15 is 0 Å². The number of aromatic nitrogens is 2. The maximum Gasteiger partial charge on any atom is 0.282 e. The summed E-state index contributed by atoms with van der Waals surface area (Å²) in [7, 11) is 1.61. The molecule has 0 aliphatic carbocycles. The van der Waals surface area contributed by atoms with Crippen molar-refractivity contribution in [3.8, 4) is 23.1 Å². The molecule has 0 aliphatic rings. The molecule has 2 aromatic heterocycles. The number of para-hydroxylation sites is 2. The number of hydrogen-bond donors (Lipinski definition) is 0. The third-order valence-corrected chi connectivity index (χ3v) is 6.35. The molecule has 0 N–H and O–H groups in total. The Hall–Kier alpha value is -4.65. The molecule has 0 amide bonds. The van der Waals surface area contributed by atoms with E-state index in [9.17, 15) is 4.79 Å². The number of methoxy groups -OCH3 is 1. The van der Waals surface area contributed by atoms with E-state index in [0.717, 1.165) is 22.9 Å². The Kier molecular flexibility index (Phi) is 7.09. The molecule has 0 saturated heterocycles. The molecule has 0 bridgehead atoms. The van der Waals surface area contributed by atoms with Crippen molar-refractivity contribution < 1.29 is 13.9 Å². The second kappa shape index (κ2) is 10.8. The van der Waals surface area contributed by atoms with E-state index in [1.54, 1.807) is 25.5 Å². The number of allylic oxidation sites excluding steroid dienone is 1. The minimum Gasteiger partial charge on any atom is -0.493 e. The van der Waals surface area contributed by atoms with Gasteiger partial charge in [0, 0.05) is 10.9 Å². The summed E-state index contributed by atoms with van der Waals surface area (Å²) in [6.07, 6.45) is 4.91. The molecule has 5 rings (SSSR count). The Bertz CT molecular complexity index is 1680. The summed E-state index contributed by atoms with van der Waals surface area (Å²) in [5.74, 6) is 2.04. The maximum atomic E-state index is 13.6. The van der Waals surface area contributed by atoms with Crippen LogP contribution in [0.1, 0.15) is 31.4 Å². The molecular formula is C31H29N3O4. The van der Waals surface area contributed by atoms with Gasteiger partial charge in [0.05, 0.1) is 30.3 Å². The molecule has 2 heterocycles. The molecule has 1 atom stereocenters. The number of ether oxygens (including phenoxy) is 2. The van der Waals surface area contributed by atoms with Gasteiger partial charge in [-0.15, -0.1) is 6.58 Å². The van der Waals surface area contributed by atoms with Crippen LogP contribution < -0.4 is 15.0 Å². The highest BCUT2D eigenvalue weighted by Crippen LogP contribution is 2.34. The molecule has 0 radical (unpaired) electrons. The van der Waals surface area contributed by atoms with E-state index in [1.165, 1.54) is 4.68 Å². The van der Waals surface area contributed by atoms with Gasteiger partial charge in [-0.25, -0.2) is 4.98 Å². The first-order valence-corrected chi connectivity index (χ1v) is 12.6. The predicted octanol–water partition coefficient (Wildman–Crippen LogP) is 6.61. The van der Waals surface area contributed by atoms with Gasteiger partial charge >= 0.3 is 0 Å². The van der Waals surface area contributed by atoms with Gasteiger partial charge in [-0.2, -0.15) is 9.78 Å². The molecule has 0 aliphatic heterocycles. The number of hydrogen-bond acceptors (Lipinski definition) is 6. The van der Waals surface area contributed by atoms with Gasteiger partial charge in [0.25, 0.3) is 5.56 Å². The molecule has 7 nitrogen and oxygen atoms in total. The lowest BCUT2D eigenvalue weighted by Gasteiger charge is -2.19. The first-order valence-electron chi connectivity index (χ1n) is 12.6. The van der Waals surface area contributed by atoms with Crippen molar-refractivity contribution in [1.29, 1.82) is 0 Å². The number of rotatable bonds is 9. The summed E-state index contributed by atoms with van der Waals surface area (Å²) in [5.41, 5.74) is 2.64. The lowest BCUT2D eigenvalue weighted by atomic mass is 10.1. The average Bonchev–Trinajstić information content (AvgIpc) is 3.38. The van der Waals surface area contributed by atoms with Gasteiger partial charge in [-0.05, 0) is 61.7 Å². The van der Waals surface area contributed by atoms with E-state index < -0.39 is 0 Å². The minimum absolute atomic E-state index is 0.0283. The third kappa shape index (κ3) is 4.83. The lowest BCUT2D eigenvalue weighted by Crippen LogP contribution is -2.20. The Balaban J connectivity index is 1.65. The molecule has 38 heavy (non-hydrogen) atoms. The fraction of sp³-hybridized carbons (Fsp3) is 0.194. The summed E-state index contributed by atoms with van der Waals surface area (Å²) in [4.78, 5) is 18.3. The van der Waals surface area contributed by atoms with Crippen LogP contribution in [0.2, 0.25) is 0 Å². The Morgan fingerprint density at radius 3 is 2.68 bits per heavy atom. The SMILES string of the molecule is C=CCc1cc(C=Nn2c(-c3cc4ccccc4o3)nc3ccccc3c2=O)cc(OC)c1O[C@@H](C)CC. The van der Waals surface area contributed by atoms with Crippen LogP contribution in [0.5, 0.6) is 11.5 Å². The van der Waals surface area contributed by atoms with Crippen molar-refractivity contribution in [2.24, 2.45) is 5.10 Å². The van der Waals surface area contributed by atoms with Crippen molar-refractivity contribution >= 4 is 28.1 Å². The molecule has 192 valence electrons. The van der Waals surface area contributed by atoms with Crippen molar-refractivity contribution in [3.05, 3.63) is 101 Å². The van der Waals surface area contributed by atoms with Gasteiger partial charge in [-0.3, -0.25) is 4.79 Å². The van der Waals surface area contributed by atoms with E-state index in [0.29, 0.717) is 46.0 Å². The second-order valence-electron chi connectivity index (χ2n) is 9.00. The zero-order chi connectivity index (χ0) is 26.6. The minimum atomic E-state index is -0.294.